The minimum atomic E-state index is -0.167. The van der Waals surface area contributed by atoms with Gasteiger partial charge in [0.1, 0.15) is 0 Å². The van der Waals surface area contributed by atoms with Crippen LogP contribution in [-0.4, -0.2) is 27.0 Å². The molecule has 6 nitrogen and oxygen atoms in total. The molecule has 0 atom stereocenters. The Bertz CT molecular complexity index is 1410. The maximum Gasteiger partial charge on any atom is 0.213 e. The van der Waals surface area contributed by atoms with E-state index in [1.54, 1.807) is 13.3 Å². The van der Waals surface area contributed by atoms with Crippen LogP contribution >= 0.6 is 0 Å². The van der Waals surface area contributed by atoms with E-state index < -0.39 is 0 Å². The lowest BCUT2D eigenvalue weighted by atomic mass is 10.0. The van der Waals surface area contributed by atoms with Crippen molar-refractivity contribution in [2.24, 2.45) is 0 Å². The fraction of sp³-hybridized carbons (Fsp3) is 0.0435. The smallest absolute Gasteiger partial charge is 0.213 e. The number of methoxy groups -OCH3 is 1. The first kappa shape index (κ1) is 17.1. The molecule has 1 N–H and O–H groups in total. The molecular weight excluding hydrogens is 364 g/mol. The van der Waals surface area contributed by atoms with Crippen molar-refractivity contribution >= 4 is 22.1 Å². The molecule has 0 saturated heterocycles. The Balaban J connectivity index is 1.79. The zero-order valence-electron chi connectivity index (χ0n) is 15.6. The highest BCUT2D eigenvalue weighted by Gasteiger charge is 2.15. The van der Waals surface area contributed by atoms with Crippen molar-refractivity contribution in [3.63, 3.8) is 0 Å². The fourth-order valence-electron chi connectivity index (χ4n) is 3.35. The number of benzene rings is 2. The fourth-order valence-corrected chi connectivity index (χ4v) is 3.35. The van der Waals surface area contributed by atoms with Crippen LogP contribution in [0.5, 0.6) is 5.88 Å². The third-order valence-corrected chi connectivity index (χ3v) is 4.78. The predicted molar refractivity (Wildman–Crippen MR) is 113 cm³/mol. The van der Waals surface area contributed by atoms with Crippen molar-refractivity contribution in [1.29, 1.82) is 0 Å². The normalized spacial score (nSPS) is 11.1. The van der Waals surface area contributed by atoms with Crippen LogP contribution in [0.4, 0.5) is 0 Å². The molecule has 6 heteroatoms. The van der Waals surface area contributed by atoms with Gasteiger partial charge in [-0.1, -0.05) is 36.4 Å². The van der Waals surface area contributed by atoms with E-state index >= 15 is 0 Å². The van der Waals surface area contributed by atoms with Crippen LogP contribution in [0.25, 0.3) is 44.6 Å². The van der Waals surface area contributed by atoms with Crippen molar-refractivity contribution in [2.75, 3.05) is 7.11 Å². The quantitative estimate of drug-likeness (QED) is 0.507. The third kappa shape index (κ3) is 3.00. The Kier molecular flexibility index (Phi) is 4.02. The van der Waals surface area contributed by atoms with Crippen LogP contribution in [0.2, 0.25) is 0 Å². The van der Waals surface area contributed by atoms with E-state index in [4.69, 9.17) is 14.7 Å². The zero-order chi connectivity index (χ0) is 19.8. The minimum Gasteiger partial charge on any atom is -0.481 e. The molecule has 140 valence electrons. The number of hydrogen-bond donors (Lipinski definition) is 1. The molecule has 29 heavy (non-hydrogen) atoms. The topological polar surface area (TPSA) is 80.8 Å². The summed E-state index contributed by atoms with van der Waals surface area (Å²) in [7, 11) is 1.59. The molecule has 0 fully saturated rings. The number of aromatic nitrogens is 4. The summed E-state index contributed by atoms with van der Waals surface area (Å²) in [5, 5.41) is 0.950. The number of nitrogens with one attached hydrogen (secondary N) is 1. The summed E-state index contributed by atoms with van der Waals surface area (Å²) in [4.78, 5) is 29.3. The van der Waals surface area contributed by atoms with E-state index in [2.05, 4.69) is 9.97 Å². The van der Waals surface area contributed by atoms with E-state index in [1.807, 2.05) is 60.7 Å². The van der Waals surface area contributed by atoms with Gasteiger partial charge in [-0.3, -0.25) is 4.79 Å². The Hall–Kier alpha value is -4.06. The van der Waals surface area contributed by atoms with Crippen LogP contribution < -0.4 is 10.2 Å². The molecule has 0 saturated carbocycles. The largest absolute Gasteiger partial charge is 0.481 e. The second-order valence-corrected chi connectivity index (χ2v) is 6.59. The molecule has 3 aromatic heterocycles. The molecule has 0 aliphatic heterocycles. The molecule has 0 aliphatic carbocycles. The maximum absolute atomic E-state index is 12.3. The second kappa shape index (κ2) is 6.83. The first-order valence-electron chi connectivity index (χ1n) is 9.13. The monoisotopic (exact) mass is 380 g/mol. The van der Waals surface area contributed by atoms with Crippen LogP contribution in [-0.2, 0) is 0 Å². The van der Waals surface area contributed by atoms with E-state index in [-0.39, 0.29) is 5.43 Å². The first-order valence-corrected chi connectivity index (χ1v) is 9.13. The van der Waals surface area contributed by atoms with Gasteiger partial charge >= 0.3 is 0 Å². The van der Waals surface area contributed by atoms with Crippen molar-refractivity contribution in [2.45, 2.75) is 0 Å². The average molecular weight is 380 g/mol. The molecule has 0 amide bonds. The van der Waals surface area contributed by atoms with Gasteiger partial charge in [-0.25, -0.2) is 15.0 Å². The van der Waals surface area contributed by atoms with Gasteiger partial charge in [-0.2, -0.15) is 0 Å². The van der Waals surface area contributed by atoms with Crippen molar-refractivity contribution in [3.8, 4) is 28.4 Å². The van der Waals surface area contributed by atoms with Crippen LogP contribution in [0.1, 0.15) is 0 Å². The Morgan fingerprint density at radius 1 is 0.828 bits per heavy atom. The number of H-pyrrole nitrogens is 1. The summed E-state index contributed by atoms with van der Waals surface area (Å²) >= 11 is 0. The lowest BCUT2D eigenvalue weighted by Crippen LogP contribution is -2.06. The van der Waals surface area contributed by atoms with E-state index in [0.29, 0.717) is 28.4 Å². The minimum absolute atomic E-state index is 0.167. The molecule has 5 aromatic rings. The third-order valence-electron chi connectivity index (χ3n) is 4.78. The number of rotatable bonds is 3. The van der Waals surface area contributed by atoms with Gasteiger partial charge < -0.3 is 9.72 Å². The molecule has 2 aromatic carbocycles. The second-order valence-electron chi connectivity index (χ2n) is 6.59. The van der Waals surface area contributed by atoms with Gasteiger partial charge in [0.25, 0.3) is 0 Å². The van der Waals surface area contributed by atoms with Gasteiger partial charge in [0.15, 0.2) is 11.2 Å². The number of ether oxygens (including phenoxy) is 1. The maximum atomic E-state index is 12.3. The molecule has 5 rings (SSSR count). The van der Waals surface area contributed by atoms with Gasteiger partial charge in [0.05, 0.1) is 24.0 Å². The number of hydrogen-bond acceptors (Lipinski definition) is 5. The summed E-state index contributed by atoms with van der Waals surface area (Å²) < 4.78 is 5.20. The Morgan fingerprint density at radius 3 is 2.48 bits per heavy atom. The van der Waals surface area contributed by atoms with Crippen molar-refractivity contribution in [3.05, 3.63) is 83.2 Å². The number of aromatic amines is 1. The molecule has 0 radical (unpaired) electrons. The van der Waals surface area contributed by atoms with Gasteiger partial charge in [0.2, 0.25) is 11.3 Å². The lowest BCUT2D eigenvalue weighted by molar-refractivity contribution is 0.399. The molecule has 0 spiro atoms. The molecule has 0 bridgehead atoms. The van der Waals surface area contributed by atoms with Crippen LogP contribution in [0, 0.1) is 0 Å². The molecular formula is C23H16N4O2. The molecule has 3 heterocycles. The SMILES string of the molecule is COc1ccc2cc(-c3nc4c(=O)cc[nH]c4nc3-c3ccccc3)ccc2n1. The highest BCUT2D eigenvalue weighted by molar-refractivity contribution is 5.89. The van der Waals surface area contributed by atoms with Crippen molar-refractivity contribution in [1.82, 2.24) is 19.9 Å². The number of nitrogens with zero attached hydrogens (tertiary/aromatic N) is 3. The van der Waals surface area contributed by atoms with Gasteiger partial charge in [0, 0.05) is 34.8 Å². The zero-order valence-corrected chi connectivity index (χ0v) is 15.6. The summed E-state index contributed by atoms with van der Waals surface area (Å²) in [5.74, 6) is 0.562. The van der Waals surface area contributed by atoms with Crippen molar-refractivity contribution < 1.29 is 4.74 Å². The molecule has 0 unspecified atom stereocenters. The summed E-state index contributed by atoms with van der Waals surface area (Å²) in [6.45, 7) is 0. The lowest BCUT2D eigenvalue weighted by Gasteiger charge is -2.11. The highest BCUT2D eigenvalue weighted by atomic mass is 16.5. The standard InChI is InChI=1S/C23H16N4O2/c1-29-19-10-8-15-13-16(7-9-17(15)25-19)21-20(14-5-3-2-4-6-14)27-23-22(26-21)18(28)11-12-24-23/h2-13H,1H3,(H,24,27,28). The van der Waals surface area contributed by atoms with Gasteiger partial charge in [-0.05, 0) is 18.2 Å². The van der Waals surface area contributed by atoms with E-state index in [9.17, 15) is 4.79 Å². The summed E-state index contributed by atoms with van der Waals surface area (Å²) in [6, 6.07) is 20.9. The number of pyridine rings is 2. The molecule has 0 aliphatic rings. The van der Waals surface area contributed by atoms with Crippen LogP contribution in [0.15, 0.2) is 77.7 Å². The highest BCUT2D eigenvalue weighted by Crippen LogP contribution is 2.31. The van der Waals surface area contributed by atoms with Crippen LogP contribution in [0.3, 0.4) is 0 Å². The predicted octanol–water partition coefficient (Wildman–Crippen LogP) is 4.21. The number of fused-ring (bicyclic) bond motifs is 2. The first-order chi connectivity index (χ1) is 14.2. The summed E-state index contributed by atoms with van der Waals surface area (Å²) in [5.41, 5.74) is 4.58. The van der Waals surface area contributed by atoms with E-state index in [1.165, 1.54) is 6.07 Å². The Labute approximate surface area is 165 Å². The summed E-state index contributed by atoms with van der Waals surface area (Å²) in [6.07, 6.45) is 1.59. The van der Waals surface area contributed by atoms with Gasteiger partial charge in [-0.15, -0.1) is 0 Å². The average Bonchev–Trinajstić information content (AvgIpc) is 2.78. The van der Waals surface area contributed by atoms with E-state index in [0.717, 1.165) is 22.0 Å². The Morgan fingerprint density at radius 2 is 1.66 bits per heavy atom.